The maximum absolute atomic E-state index is 12.6. The van der Waals surface area contributed by atoms with Gasteiger partial charge in [0.05, 0.1) is 55.0 Å². The van der Waals surface area contributed by atoms with Gasteiger partial charge in [-0.15, -0.1) is 22.7 Å². The molecule has 0 amide bonds. The van der Waals surface area contributed by atoms with E-state index in [1.54, 1.807) is 11.3 Å². The van der Waals surface area contributed by atoms with Crippen molar-refractivity contribution >= 4 is 112 Å². The van der Waals surface area contributed by atoms with E-state index in [0.29, 0.717) is 22.5 Å². The average Bonchev–Trinajstić information content (AvgIpc) is 4.48. The van der Waals surface area contributed by atoms with Gasteiger partial charge in [-0.25, -0.2) is 4.85 Å². The molecule has 0 fully saturated rings. The van der Waals surface area contributed by atoms with Gasteiger partial charge in [0.15, 0.2) is 0 Å². The van der Waals surface area contributed by atoms with Gasteiger partial charge in [-0.3, -0.25) is 0 Å². The zero-order chi connectivity index (χ0) is 53.0. The standard InChI is InChI=1S/C74H42N4S2/c1-76-68-65(50-28-17-26-48(42-50)45-20-5-2-6-21-45)60(44-75)69(66(51-29-18-27-49(43-51)46-22-7-3-8-23-46)72(68)77-61-34-14-11-30-53(61)54-31-12-15-35-62(54)77)78-70-56(38-40-58-55-32-13-16-36-63(55)79-73(58)70)57-39-41-59-67-52(47-24-9-4-10-25-47)33-19-37-64(67)80-74(59)71(57)78/h2-43H. The number of thiophene rings is 2. The van der Waals surface area contributed by atoms with E-state index < -0.39 is 0 Å². The first-order valence-electron chi connectivity index (χ1n) is 26.8. The second-order valence-corrected chi connectivity index (χ2v) is 22.5. The van der Waals surface area contributed by atoms with Crippen molar-refractivity contribution in [2.75, 3.05) is 0 Å². The van der Waals surface area contributed by atoms with Crippen molar-refractivity contribution in [2.24, 2.45) is 0 Å². The molecule has 0 aliphatic heterocycles. The predicted octanol–water partition coefficient (Wildman–Crippen LogP) is 21.4. The van der Waals surface area contributed by atoms with Gasteiger partial charge in [0.25, 0.3) is 0 Å². The molecule has 0 unspecified atom stereocenters. The SMILES string of the molecule is [C-]#[N+]c1c(-c2cccc(-c3ccccc3)c2)c(C#N)c(-n2c3c(ccc4c5ccccc5sc43)c3ccc4c(sc5cccc(-c6ccccc6)c54)c32)c(-c2cccc(-c3ccccc3)c2)c1-n1c2ccccc2c2ccccc21. The minimum absolute atomic E-state index is 0.398. The number of hydrogen-bond donors (Lipinski definition) is 0. The molecule has 0 bridgehead atoms. The number of rotatable bonds is 7. The van der Waals surface area contributed by atoms with E-state index in [0.717, 1.165) is 114 Å². The van der Waals surface area contributed by atoms with Crippen molar-refractivity contribution in [3.05, 3.63) is 272 Å². The summed E-state index contributed by atoms with van der Waals surface area (Å²) < 4.78 is 9.42. The molecule has 0 saturated carbocycles. The molecule has 4 heterocycles. The van der Waals surface area contributed by atoms with Crippen LogP contribution in [0.4, 0.5) is 5.69 Å². The minimum Gasteiger partial charge on any atom is -0.318 e. The molecule has 4 aromatic heterocycles. The lowest BCUT2D eigenvalue weighted by atomic mass is 9.87. The molecule has 0 spiro atoms. The summed E-state index contributed by atoms with van der Waals surface area (Å²) >= 11 is 3.61. The highest BCUT2D eigenvalue weighted by Crippen LogP contribution is 2.55. The van der Waals surface area contributed by atoms with E-state index in [4.69, 9.17) is 4.85 Å². The van der Waals surface area contributed by atoms with Gasteiger partial charge >= 0.3 is 0 Å². The lowest BCUT2D eigenvalue weighted by molar-refractivity contribution is 1.14. The quantitative estimate of drug-likeness (QED) is 0.147. The summed E-state index contributed by atoms with van der Waals surface area (Å²) in [6.45, 7) is 9.66. The summed E-state index contributed by atoms with van der Waals surface area (Å²) in [5, 5.41) is 21.7. The summed E-state index contributed by atoms with van der Waals surface area (Å²) in [5.74, 6) is 0. The highest BCUT2D eigenvalue weighted by molar-refractivity contribution is 7.27. The number of benzene rings is 12. The molecule has 0 radical (unpaired) electrons. The Hall–Kier alpha value is -10.3. The lowest BCUT2D eigenvalue weighted by Crippen LogP contribution is -2.09. The van der Waals surface area contributed by atoms with E-state index in [2.05, 4.69) is 258 Å². The van der Waals surface area contributed by atoms with E-state index >= 15 is 0 Å². The fraction of sp³-hybridized carbons (Fsp3) is 0. The molecule has 0 N–H and O–H groups in total. The van der Waals surface area contributed by atoms with E-state index in [-0.39, 0.29) is 0 Å². The predicted molar refractivity (Wildman–Crippen MR) is 339 cm³/mol. The Kier molecular flexibility index (Phi) is 10.4. The average molecular weight is 1050 g/mol. The summed E-state index contributed by atoms with van der Waals surface area (Å²) in [4.78, 5) is 4.71. The van der Waals surface area contributed by atoms with Crippen molar-refractivity contribution in [2.45, 2.75) is 0 Å². The van der Waals surface area contributed by atoms with Crippen LogP contribution in [0, 0.1) is 17.9 Å². The Morgan fingerprint density at radius 3 is 1.44 bits per heavy atom. The van der Waals surface area contributed by atoms with Crippen LogP contribution in [0.3, 0.4) is 0 Å². The lowest BCUT2D eigenvalue weighted by Gasteiger charge is -2.26. The van der Waals surface area contributed by atoms with Gasteiger partial charge in [0, 0.05) is 63.6 Å². The van der Waals surface area contributed by atoms with Gasteiger partial charge < -0.3 is 9.13 Å². The largest absolute Gasteiger partial charge is 0.318 e. The maximum atomic E-state index is 12.6. The smallest absolute Gasteiger partial charge is 0.220 e. The molecular weight excluding hydrogens is 1010 g/mol. The molecule has 0 saturated heterocycles. The molecule has 80 heavy (non-hydrogen) atoms. The molecule has 0 aliphatic carbocycles. The highest BCUT2D eigenvalue weighted by Gasteiger charge is 2.33. The minimum atomic E-state index is 0.398. The van der Waals surface area contributed by atoms with Crippen molar-refractivity contribution in [1.29, 1.82) is 5.26 Å². The Balaban J connectivity index is 1.19. The molecule has 370 valence electrons. The molecule has 16 rings (SSSR count). The van der Waals surface area contributed by atoms with Gasteiger partial charge in [-0.2, -0.15) is 5.26 Å². The van der Waals surface area contributed by atoms with Crippen LogP contribution in [-0.4, -0.2) is 9.13 Å². The number of hydrogen-bond acceptors (Lipinski definition) is 3. The second-order valence-electron chi connectivity index (χ2n) is 20.4. The molecular formula is C74H42N4S2. The van der Waals surface area contributed by atoms with Gasteiger partial charge in [-0.1, -0.05) is 218 Å². The van der Waals surface area contributed by atoms with Crippen LogP contribution in [0.1, 0.15) is 5.56 Å². The summed E-state index contributed by atoms with van der Waals surface area (Å²) in [5.41, 5.74) is 15.8. The Morgan fingerprint density at radius 2 is 0.825 bits per heavy atom. The monoisotopic (exact) mass is 1050 g/mol. The number of nitrogens with zero attached hydrogens (tertiary/aromatic N) is 4. The molecule has 0 atom stereocenters. The first-order chi connectivity index (χ1) is 39.6. The summed E-state index contributed by atoms with van der Waals surface area (Å²) in [6, 6.07) is 93.4. The van der Waals surface area contributed by atoms with Crippen molar-refractivity contribution in [3.63, 3.8) is 0 Å². The normalized spacial score (nSPS) is 11.7. The number of para-hydroxylation sites is 2. The summed E-state index contributed by atoms with van der Waals surface area (Å²) in [6.07, 6.45) is 0. The van der Waals surface area contributed by atoms with E-state index in [9.17, 15) is 11.8 Å². The Bertz CT molecular complexity index is 5260. The van der Waals surface area contributed by atoms with Crippen LogP contribution in [0.5, 0.6) is 0 Å². The Labute approximate surface area is 468 Å². The highest BCUT2D eigenvalue weighted by atomic mass is 32.1. The first-order valence-corrected chi connectivity index (χ1v) is 28.4. The molecule has 0 aliphatic rings. The zero-order valence-corrected chi connectivity index (χ0v) is 44.5. The van der Waals surface area contributed by atoms with E-state index in [1.807, 2.05) is 23.5 Å². The van der Waals surface area contributed by atoms with Crippen LogP contribution in [-0.2, 0) is 0 Å². The number of aromatic nitrogens is 2. The zero-order valence-electron chi connectivity index (χ0n) is 42.9. The molecule has 12 aromatic carbocycles. The van der Waals surface area contributed by atoms with Gasteiger partial charge in [0.2, 0.25) is 5.69 Å². The first kappa shape index (κ1) is 45.8. The van der Waals surface area contributed by atoms with Crippen LogP contribution in [0.25, 0.3) is 156 Å². The van der Waals surface area contributed by atoms with Gasteiger partial charge in [-0.05, 0) is 80.9 Å². The Morgan fingerprint density at radius 1 is 0.362 bits per heavy atom. The summed E-state index contributed by atoms with van der Waals surface area (Å²) in [7, 11) is 0. The number of nitriles is 1. The molecule has 16 aromatic rings. The third-order valence-electron chi connectivity index (χ3n) is 16.2. The van der Waals surface area contributed by atoms with Crippen LogP contribution >= 0.6 is 22.7 Å². The van der Waals surface area contributed by atoms with Crippen LogP contribution in [0.15, 0.2) is 255 Å². The number of fused-ring (bicyclic) bond motifs is 14. The van der Waals surface area contributed by atoms with Crippen molar-refractivity contribution in [3.8, 4) is 73.1 Å². The van der Waals surface area contributed by atoms with Crippen LogP contribution in [0.2, 0.25) is 0 Å². The third kappa shape index (κ3) is 6.77. The van der Waals surface area contributed by atoms with Crippen molar-refractivity contribution < 1.29 is 0 Å². The van der Waals surface area contributed by atoms with Crippen molar-refractivity contribution in [1.82, 2.24) is 9.13 Å². The van der Waals surface area contributed by atoms with E-state index in [1.165, 1.54) is 25.7 Å². The fourth-order valence-corrected chi connectivity index (χ4v) is 15.3. The van der Waals surface area contributed by atoms with Gasteiger partial charge in [0.1, 0.15) is 6.07 Å². The molecule has 4 nitrogen and oxygen atoms in total. The topological polar surface area (TPSA) is 38.0 Å². The molecule has 6 heteroatoms. The third-order valence-corrected chi connectivity index (χ3v) is 18.5. The second kappa shape index (κ2) is 18.1. The fourth-order valence-electron chi connectivity index (χ4n) is 12.8. The maximum Gasteiger partial charge on any atom is 0.220 e. The van der Waals surface area contributed by atoms with Crippen LogP contribution < -0.4 is 0 Å².